The monoisotopic (exact) mass is 505 g/mol. The molecule has 2 aromatic carbocycles. The van der Waals surface area contributed by atoms with Gasteiger partial charge < -0.3 is 10.2 Å². The first-order valence-electron chi connectivity index (χ1n) is 11.5. The first-order chi connectivity index (χ1) is 16.2. The van der Waals surface area contributed by atoms with Gasteiger partial charge in [-0.15, -0.1) is 0 Å². The number of sulfonamides is 1. The summed E-state index contributed by atoms with van der Waals surface area (Å²) in [5.41, 5.74) is 1.25. The summed E-state index contributed by atoms with van der Waals surface area (Å²) in [4.78, 5) is 28.0. The van der Waals surface area contributed by atoms with Crippen LogP contribution < -0.4 is 9.62 Å². The maximum atomic E-state index is 13.5. The average molecular weight is 506 g/mol. The van der Waals surface area contributed by atoms with Crippen molar-refractivity contribution in [2.75, 3.05) is 23.7 Å². The number of rotatable bonds is 10. The van der Waals surface area contributed by atoms with Gasteiger partial charge in [-0.3, -0.25) is 13.9 Å². The lowest BCUT2D eigenvalue weighted by Gasteiger charge is -2.32. The molecule has 2 aromatic rings. The van der Waals surface area contributed by atoms with Crippen molar-refractivity contribution in [1.29, 1.82) is 0 Å². The van der Waals surface area contributed by atoms with Crippen LogP contribution in [-0.2, 0) is 26.0 Å². The zero-order valence-corrected chi connectivity index (χ0v) is 21.2. The summed E-state index contributed by atoms with van der Waals surface area (Å²) in [6.07, 6.45) is 5.61. The van der Waals surface area contributed by atoms with Crippen molar-refractivity contribution in [1.82, 2.24) is 10.2 Å². The molecule has 0 radical (unpaired) electrons. The Balaban J connectivity index is 1.82. The molecule has 2 amide bonds. The largest absolute Gasteiger partial charge is 0.352 e. The maximum Gasteiger partial charge on any atom is 0.244 e. The fourth-order valence-corrected chi connectivity index (χ4v) is 5.36. The Morgan fingerprint density at radius 3 is 2.29 bits per heavy atom. The van der Waals surface area contributed by atoms with Gasteiger partial charge in [0.15, 0.2) is 0 Å². The second-order valence-corrected chi connectivity index (χ2v) is 11.0. The zero-order chi connectivity index (χ0) is 24.7. The van der Waals surface area contributed by atoms with E-state index in [0.29, 0.717) is 6.42 Å². The molecular weight excluding hydrogens is 474 g/mol. The standard InChI is InChI=1S/C25H32ClN3O4S/c1-19(25(31)27-21-12-6-7-13-21)28(17-16-20-10-4-3-5-11-20)24(30)18-29(34(2,32)33)23-15-9-8-14-22(23)26/h3-5,8-11,14-15,19,21H,6-7,12-13,16-18H2,1-2H3,(H,27,31)/t19-/m0/s1. The molecule has 184 valence electrons. The molecule has 0 aliphatic heterocycles. The van der Waals surface area contributed by atoms with Gasteiger partial charge in [-0.2, -0.15) is 0 Å². The number of halogens is 1. The van der Waals surface area contributed by atoms with Crippen molar-refractivity contribution in [2.45, 2.75) is 51.1 Å². The van der Waals surface area contributed by atoms with Crippen LogP contribution >= 0.6 is 11.6 Å². The number of nitrogens with one attached hydrogen (secondary N) is 1. The summed E-state index contributed by atoms with van der Waals surface area (Å²) < 4.78 is 26.1. The van der Waals surface area contributed by atoms with E-state index in [1.807, 2.05) is 30.3 Å². The van der Waals surface area contributed by atoms with Gasteiger partial charge in [0.25, 0.3) is 0 Å². The number of anilines is 1. The predicted molar refractivity (Wildman–Crippen MR) is 135 cm³/mol. The molecule has 0 bridgehead atoms. The molecule has 0 saturated heterocycles. The van der Waals surface area contributed by atoms with Crippen molar-refractivity contribution in [3.05, 3.63) is 65.2 Å². The Bertz CT molecular complexity index is 1090. The number of carbonyl (C=O) groups is 2. The molecule has 1 saturated carbocycles. The highest BCUT2D eigenvalue weighted by atomic mass is 35.5. The molecule has 0 heterocycles. The van der Waals surface area contributed by atoms with E-state index in [1.54, 1.807) is 31.2 Å². The Morgan fingerprint density at radius 2 is 1.68 bits per heavy atom. The summed E-state index contributed by atoms with van der Waals surface area (Å²) in [6.45, 7) is 1.52. The fraction of sp³-hybridized carbons (Fsp3) is 0.440. The van der Waals surface area contributed by atoms with E-state index in [2.05, 4.69) is 5.32 Å². The average Bonchev–Trinajstić information content (AvgIpc) is 3.31. The zero-order valence-electron chi connectivity index (χ0n) is 19.6. The van der Waals surface area contributed by atoms with Crippen LogP contribution in [0.25, 0.3) is 0 Å². The van der Waals surface area contributed by atoms with Crippen LogP contribution in [0.2, 0.25) is 5.02 Å². The normalized spacial score (nSPS) is 15.0. The molecule has 0 aromatic heterocycles. The summed E-state index contributed by atoms with van der Waals surface area (Å²) >= 11 is 6.24. The van der Waals surface area contributed by atoms with Crippen LogP contribution in [0.15, 0.2) is 54.6 Å². The summed E-state index contributed by atoms with van der Waals surface area (Å²) in [6, 6.07) is 15.5. The molecule has 0 spiro atoms. The maximum absolute atomic E-state index is 13.5. The molecule has 1 fully saturated rings. The molecule has 3 rings (SSSR count). The minimum absolute atomic E-state index is 0.122. The molecule has 9 heteroatoms. The molecule has 7 nitrogen and oxygen atoms in total. The number of amides is 2. The second-order valence-electron chi connectivity index (χ2n) is 8.71. The Labute approximate surface area is 207 Å². The molecule has 0 unspecified atom stereocenters. The van der Waals surface area contributed by atoms with Crippen molar-refractivity contribution in [3.8, 4) is 0 Å². The third-order valence-electron chi connectivity index (χ3n) is 6.15. The van der Waals surface area contributed by atoms with E-state index in [-0.39, 0.29) is 29.2 Å². The predicted octanol–water partition coefficient (Wildman–Crippen LogP) is 3.62. The first kappa shape index (κ1) is 26.0. The fourth-order valence-electron chi connectivity index (χ4n) is 4.21. The van der Waals surface area contributed by atoms with Crippen LogP contribution in [0, 0.1) is 0 Å². The van der Waals surface area contributed by atoms with Crippen molar-refractivity contribution in [3.63, 3.8) is 0 Å². The number of hydrogen-bond acceptors (Lipinski definition) is 4. The number of para-hydroxylation sites is 1. The number of benzene rings is 2. The van der Waals surface area contributed by atoms with Gasteiger partial charge in [-0.05, 0) is 43.9 Å². The third kappa shape index (κ3) is 6.96. The van der Waals surface area contributed by atoms with Crippen LogP contribution in [0.1, 0.15) is 38.2 Å². The summed E-state index contributed by atoms with van der Waals surface area (Å²) in [7, 11) is -3.80. The molecular formula is C25H32ClN3O4S. The molecule has 1 aliphatic rings. The smallest absolute Gasteiger partial charge is 0.244 e. The van der Waals surface area contributed by atoms with Crippen molar-refractivity contribution in [2.24, 2.45) is 0 Å². The number of hydrogen-bond donors (Lipinski definition) is 1. The Morgan fingerprint density at radius 1 is 1.06 bits per heavy atom. The number of nitrogens with zero attached hydrogens (tertiary/aromatic N) is 2. The highest BCUT2D eigenvalue weighted by Crippen LogP contribution is 2.27. The summed E-state index contributed by atoms with van der Waals surface area (Å²) in [5, 5.41) is 3.28. The minimum Gasteiger partial charge on any atom is -0.352 e. The van der Waals surface area contributed by atoms with Gasteiger partial charge in [0.1, 0.15) is 12.6 Å². The molecule has 1 atom stereocenters. The van der Waals surface area contributed by atoms with Gasteiger partial charge >= 0.3 is 0 Å². The van der Waals surface area contributed by atoms with Crippen molar-refractivity contribution < 1.29 is 18.0 Å². The Kier molecular flexibility index (Phi) is 8.97. The first-order valence-corrected chi connectivity index (χ1v) is 13.8. The SMILES string of the molecule is C[C@@H](C(=O)NC1CCCC1)N(CCc1ccccc1)C(=O)CN(c1ccccc1Cl)S(C)(=O)=O. The highest BCUT2D eigenvalue weighted by Gasteiger charge is 2.31. The van der Waals surface area contributed by atoms with E-state index in [1.165, 1.54) is 4.90 Å². The minimum atomic E-state index is -3.80. The Hall–Kier alpha value is -2.58. The van der Waals surface area contributed by atoms with Crippen LogP contribution in [-0.4, -0.2) is 56.6 Å². The lowest BCUT2D eigenvalue weighted by atomic mass is 10.1. The van der Waals surface area contributed by atoms with Gasteiger partial charge in [-0.25, -0.2) is 8.42 Å². The number of carbonyl (C=O) groups excluding carboxylic acids is 2. The van der Waals surface area contributed by atoms with Crippen LogP contribution in [0.4, 0.5) is 5.69 Å². The van der Waals surface area contributed by atoms with E-state index >= 15 is 0 Å². The third-order valence-corrected chi connectivity index (χ3v) is 7.60. The summed E-state index contributed by atoms with van der Waals surface area (Å²) in [5.74, 6) is -0.688. The van der Waals surface area contributed by atoms with E-state index in [0.717, 1.165) is 41.8 Å². The molecule has 1 N–H and O–H groups in total. The lowest BCUT2D eigenvalue weighted by molar-refractivity contribution is -0.139. The van der Waals surface area contributed by atoms with Crippen molar-refractivity contribution >= 4 is 39.1 Å². The lowest BCUT2D eigenvalue weighted by Crippen LogP contribution is -2.53. The van der Waals surface area contributed by atoms with Gasteiger partial charge in [0, 0.05) is 12.6 Å². The molecule has 34 heavy (non-hydrogen) atoms. The molecule has 1 aliphatic carbocycles. The highest BCUT2D eigenvalue weighted by molar-refractivity contribution is 7.92. The van der Waals surface area contributed by atoms with E-state index in [4.69, 9.17) is 11.6 Å². The van der Waals surface area contributed by atoms with Gasteiger partial charge in [-0.1, -0.05) is 66.9 Å². The second kappa shape index (κ2) is 11.7. The topological polar surface area (TPSA) is 86.8 Å². The van der Waals surface area contributed by atoms with Gasteiger partial charge in [0.2, 0.25) is 21.8 Å². The van der Waals surface area contributed by atoms with E-state index < -0.39 is 28.5 Å². The van der Waals surface area contributed by atoms with Crippen LogP contribution in [0.5, 0.6) is 0 Å². The quantitative estimate of drug-likeness (QED) is 0.534. The van der Waals surface area contributed by atoms with Gasteiger partial charge in [0.05, 0.1) is 17.0 Å². The van der Waals surface area contributed by atoms with Crippen LogP contribution in [0.3, 0.4) is 0 Å². The van der Waals surface area contributed by atoms with E-state index in [9.17, 15) is 18.0 Å².